The zero-order valence-electron chi connectivity index (χ0n) is 9.67. The summed E-state index contributed by atoms with van der Waals surface area (Å²) in [6.45, 7) is 5.91. The van der Waals surface area contributed by atoms with Crippen molar-refractivity contribution < 1.29 is 0 Å². The Labute approximate surface area is 88.8 Å². The first-order valence-electron chi connectivity index (χ1n) is 6.31. The number of hydrogen-bond donors (Lipinski definition) is 1. The smallest absolute Gasteiger partial charge is 0.0180 e. The van der Waals surface area contributed by atoms with E-state index in [1.165, 1.54) is 58.0 Å². The van der Waals surface area contributed by atoms with Crippen molar-refractivity contribution in [2.75, 3.05) is 19.6 Å². The van der Waals surface area contributed by atoms with Crippen molar-refractivity contribution >= 4 is 0 Å². The molecule has 0 aromatic carbocycles. The van der Waals surface area contributed by atoms with Crippen LogP contribution in [0.5, 0.6) is 0 Å². The molecule has 0 unspecified atom stereocenters. The minimum absolute atomic E-state index is 0.454. The Balaban J connectivity index is 1.84. The van der Waals surface area contributed by atoms with E-state index in [2.05, 4.69) is 11.8 Å². The van der Waals surface area contributed by atoms with Crippen LogP contribution in [0.3, 0.4) is 0 Å². The van der Waals surface area contributed by atoms with Crippen molar-refractivity contribution in [2.45, 2.75) is 57.9 Å². The molecule has 0 saturated carbocycles. The van der Waals surface area contributed by atoms with Crippen molar-refractivity contribution in [1.82, 2.24) is 4.90 Å². The molecule has 14 heavy (non-hydrogen) atoms. The maximum atomic E-state index is 5.85. The standard InChI is InChI=1S/C12H26N2/c1-2-3-4-5-6-7-9-14-10-8-12(13)11-14/h12H,2-11,13H2,1H3/t12-/m0/s1. The predicted octanol–water partition coefficient (Wildman–Crippen LogP) is 2.38. The first-order chi connectivity index (χ1) is 6.83. The topological polar surface area (TPSA) is 29.3 Å². The molecule has 0 amide bonds. The van der Waals surface area contributed by atoms with Gasteiger partial charge in [0.15, 0.2) is 0 Å². The number of rotatable bonds is 7. The number of unbranched alkanes of at least 4 members (excludes halogenated alkanes) is 5. The van der Waals surface area contributed by atoms with E-state index in [9.17, 15) is 0 Å². The third-order valence-electron chi connectivity index (χ3n) is 3.14. The van der Waals surface area contributed by atoms with Gasteiger partial charge in [0.2, 0.25) is 0 Å². The minimum atomic E-state index is 0.454. The van der Waals surface area contributed by atoms with Crippen LogP contribution >= 0.6 is 0 Å². The molecule has 0 bridgehead atoms. The van der Waals surface area contributed by atoms with Crippen LogP contribution in [0.15, 0.2) is 0 Å². The highest BCUT2D eigenvalue weighted by atomic mass is 15.2. The van der Waals surface area contributed by atoms with Gasteiger partial charge in [-0.2, -0.15) is 0 Å². The molecule has 0 spiro atoms. The first kappa shape index (κ1) is 12.0. The van der Waals surface area contributed by atoms with E-state index < -0.39 is 0 Å². The number of nitrogens with two attached hydrogens (primary N) is 1. The van der Waals surface area contributed by atoms with Crippen LogP contribution in [0.25, 0.3) is 0 Å². The van der Waals surface area contributed by atoms with Crippen molar-refractivity contribution in [1.29, 1.82) is 0 Å². The molecule has 1 aliphatic heterocycles. The highest BCUT2D eigenvalue weighted by Crippen LogP contribution is 2.10. The Bertz CT molecular complexity index is 136. The fraction of sp³-hybridized carbons (Fsp3) is 1.00. The van der Waals surface area contributed by atoms with Crippen molar-refractivity contribution in [3.05, 3.63) is 0 Å². The summed E-state index contributed by atoms with van der Waals surface area (Å²) in [5.41, 5.74) is 5.85. The molecule has 2 heteroatoms. The van der Waals surface area contributed by atoms with Gasteiger partial charge in [-0.05, 0) is 25.9 Å². The number of nitrogens with zero attached hydrogens (tertiary/aromatic N) is 1. The molecule has 0 aliphatic carbocycles. The fourth-order valence-electron chi connectivity index (χ4n) is 2.18. The molecule has 1 atom stereocenters. The van der Waals surface area contributed by atoms with Gasteiger partial charge < -0.3 is 10.6 Å². The summed E-state index contributed by atoms with van der Waals surface area (Å²) in [6.07, 6.45) is 9.59. The second-order valence-electron chi connectivity index (χ2n) is 4.62. The van der Waals surface area contributed by atoms with Crippen molar-refractivity contribution in [2.24, 2.45) is 5.73 Å². The SMILES string of the molecule is CCCCCCCCN1CC[C@H](N)C1. The largest absolute Gasteiger partial charge is 0.326 e. The molecule has 1 fully saturated rings. The maximum absolute atomic E-state index is 5.85. The van der Waals surface area contributed by atoms with Gasteiger partial charge >= 0.3 is 0 Å². The van der Waals surface area contributed by atoms with Gasteiger partial charge in [0.1, 0.15) is 0 Å². The number of likely N-dealkylation sites (tertiary alicyclic amines) is 1. The molecular formula is C12H26N2. The molecule has 1 aliphatic rings. The summed E-state index contributed by atoms with van der Waals surface area (Å²) in [5, 5.41) is 0. The fourth-order valence-corrected chi connectivity index (χ4v) is 2.18. The average molecular weight is 198 g/mol. The molecule has 1 rings (SSSR count). The van der Waals surface area contributed by atoms with Crippen LogP contribution in [0, 0.1) is 0 Å². The molecule has 2 nitrogen and oxygen atoms in total. The summed E-state index contributed by atoms with van der Waals surface area (Å²) in [7, 11) is 0. The van der Waals surface area contributed by atoms with E-state index in [1.54, 1.807) is 0 Å². The molecular weight excluding hydrogens is 172 g/mol. The van der Waals surface area contributed by atoms with Gasteiger partial charge in [0, 0.05) is 12.6 Å². The second-order valence-corrected chi connectivity index (χ2v) is 4.62. The van der Waals surface area contributed by atoms with E-state index in [0.717, 1.165) is 6.54 Å². The lowest BCUT2D eigenvalue weighted by Gasteiger charge is -2.14. The van der Waals surface area contributed by atoms with Crippen LogP contribution in [-0.2, 0) is 0 Å². The highest BCUT2D eigenvalue weighted by Gasteiger charge is 2.17. The average Bonchev–Trinajstić information content (AvgIpc) is 2.58. The Morgan fingerprint density at radius 3 is 2.50 bits per heavy atom. The third-order valence-corrected chi connectivity index (χ3v) is 3.14. The molecule has 2 N–H and O–H groups in total. The van der Waals surface area contributed by atoms with Crippen LogP contribution in [0.4, 0.5) is 0 Å². The van der Waals surface area contributed by atoms with Crippen LogP contribution in [0.2, 0.25) is 0 Å². The lowest BCUT2D eigenvalue weighted by atomic mass is 10.1. The van der Waals surface area contributed by atoms with Gasteiger partial charge in [0.05, 0.1) is 0 Å². The lowest BCUT2D eigenvalue weighted by Crippen LogP contribution is -2.27. The highest BCUT2D eigenvalue weighted by molar-refractivity contribution is 4.77. The zero-order valence-corrected chi connectivity index (χ0v) is 9.67. The lowest BCUT2D eigenvalue weighted by molar-refractivity contribution is 0.323. The van der Waals surface area contributed by atoms with Gasteiger partial charge in [0.25, 0.3) is 0 Å². The molecule has 84 valence electrons. The van der Waals surface area contributed by atoms with Gasteiger partial charge in [-0.25, -0.2) is 0 Å². The minimum Gasteiger partial charge on any atom is -0.326 e. The summed E-state index contributed by atoms with van der Waals surface area (Å²) in [6, 6.07) is 0.454. The van der Waals surface area contributed by atoms with Crippen molar-refractivity contribution in [3.63, 3.8) is 0 Å². The Morgan fingerprint density at radius 1 is 1.14 bits per heavy atom. The van der Waals surface area contributed by atoms with Gasteiger partial charge in [-0.1, -0.05) is 39.0 Å². The summed E-state index contributed by atoms with van der Waals surface area (Å²) >= 11 is 0. The molecule has 0 aromatic rings. The number of hydrogen-bond acceptors (Lipinski definition) is 2. The van der Waals surface area contributed by atoms with E-state index >= 15 is 0 Å². The normalized spacial score (nSPS) is 23.1. The zero-order chi connectivity index (χ0) is 10.2. The maximum Gasteiger partial charge on any atom is 0.0180 e. The summed E-state index contributed by atoms with van der Waals surface area (Å²) in [4.78, 5) is 2.52. The van der Waals surface area contributed by atoms with E-state index in [-0.39, 0.29) is 0 Å². The van der Waals surface area contributed by atoms with E-state index in [4.69, 9.17) is 5.73 Å². The van der Waals surface area contributed by atoms with Crippen LogP contribution in [-0.4, -0.2) is 30.6 Å². The third kappa shape index (κ3) is 4.97. The molecule has 0 radical (unpaired) electrons. The second kappa shape index (κ2) is 7.24. The monoisotopic (exact) mass is 198 g/mol. The Hall–Kier alpha value is -0.0800. The van der Waals surface area contributed by atoms with Crippen LogP contribution in [0.1, 0.15) is 51.9 Å². The summed E-state index contributed by atoms with van der Waals surface area (Å²) < 4.78 is 0. The molecule has 1 heterocycles. The van der Waals surface area contributed by atoms with Crippen LogP contribution < -0.4 is 5.73 Å². The van der Waals surface area contributed by atoms with E-state index in [1.807, 2.05) is 0 Å². The molecule has 1 saturated heterocycles. The first-order valence-corrected chi connectivity index (χ1v) is 6.31. The predicted molar refractivity (Wildman–Crippen MR) is 62.4 cm³/mol. The van der Waals surface area contributed by atoms with Gasteiger partial charge in [-0.15, -0.1) is 0 Å². The molecule has 0 aromatic heterocycles. The van der Waals surface area contributed by atoms with Gasteiger partial charge in [-0.3, -0.25) is 0 Å². The Morgan fingerprint density at radius 2 is 1.86 bits per heavy atom. The van der Waals surface area contributed by atoms with Crippen molar-refractivity contribution in [3.8, 4) is 0 Å². The summed E-state index contributed by atoms with van der Waals surface area (Å²) in [5.74, 6) is 0. The quantitative estimate of drug-likeness (QED) is 0.636. The Kier molecular flexibility index (Phi) is 6.20. The van der Waals surface area contributed by atoms with E-state index in [0.29, 0.717) is 6.04 Å².